The van der Waals surface area contributed by atoms with Gasteiger partial charge in [-0.15, -0.1) is 24.0 Å². The quantitative estimate of drug-likeness (QED) is 0.440. The van der Waals surface area contributed by atoms with Crippen molar-refractivity contribution in [1.29, 1.82) is 0 Å². The number of hydrogen-bond donors (Lipinski definition) is 1. The van der Waals surface area contributed by atoms with Gasteiger partial charge in [-0.25, -0.2) is 0 Å². The molecule has 0 bridgehead atoms. The summed E-state index contributed by atoms with van der Waals surface area (Å²) in [4.78, 5) is 11.7. The van der Waals surface area contributed by atoms with Gasteiger partial charge in [0.15, 0.2) is 5.96 Å². The monoisotopic (exact) mass is 443 g/mol. The standard InChI is InChI=1S/C18H29N5.HI/c1-19-18(20-14-16-8-9-21(2)15-16)23-12-10-22(11-13-23)17-6-4-3-5-7-17;/h3-7,16H,8-15H2,1-2H3,(H,19,20);1H. The molecule has 134 valence electrons. The second-order valence-electron chi connectivity index (χ2n) is 6.65. The van der Waals surface area contributed by atoms with Crippen LogP contribution in [-0.2, 0) is 0 Å². The van der Waals surface area contributed by atoms with Crippen LogP contribution in [0.2, 0.25) is 0 Å². The normalized spacial score (nSPS) is 22.4. The Morgan fingerprint density at radius 3 is 2.42 bits per heavy atom. The fourth-order valence-corrected chi connectivity index (χ4v) is 3.58. The lowest BCUT2D eigenvalue weighted by molar-refractivity contribution is 0.363. The van der Waals surface area contributed by atoms with E-state index in [4.69, 9.17) is 0 Å². The molecule has 1 atom stereocenters. The highest BCUT2D eigenvalue weighted by molar-refractivity contribution is 14.0. The molecule has 2 fully saturated rings. The molecule has 6 heteroatoms. The second kappa shape index (κ2) is 9.46. The van der Waals surface area contributed by atoms with Gasteiger partial charge in [0, 0.05) is 52.0 Å². The molecule has 3 rings (SSSR count). The number of likely N-dealkylation sites (tertiary alicyclic amines) is 1. The van der Waals surface area contributed by atoms with Crippen LogP contribution in [0.15, 0.2) is 35.3 Å². The molecule has 1 aromatic rings. The van der Waals surface area contributed by atoms with E-state index in [9.17, 15) is 0 Å². The highest BCUT2D eigenvalue weighted by atomic mass is 127. The maximum Gasteiger partial charge on any atom is 0.193 e. The number of piperazine rings is 1. The van der Waals surface area contributed by atoms with Gasteiger partial charge in [-0.05, 0) is 38.1 Å². The van der Waals surface area contributed by atoms with Crippen LogP contribution in [0.4, 0.5) is 5.69 Å². The lowest BCUT2D eigenvalue weighted by Gasteiger charge is -2.37. The molecule has 0 aliphatic carbocycles. The summed E-state index contributed by atoms with van der Waals surface area (Å²) >= 11 is 0. The Morgan fingerprint density at radius 2 is 1.83 bits per heavy atom. The molecule has 0 spiro atoms. The van der Waals surface area contributed by atoms with Gasteiger partial charge < -0.3 is 20.0 Å². The summed E-state index contributed by atoms with van der Waals surface area (Å²) in [7, 11) is 4.10. The van der Waals surface area contributed by atoms with Gasteiger partial charge in [0.25, 0.3) is 0 Å². The van der Waals surface area contributed by atoms with Crippen LogP contribution < -0.4 is 10.2 Å². The third-order valence-electron chi connectivity index (χ3n) is 4.95. The minimum Gasteiger partial charge on any atom is -0.368 e. The van der Waals surface area contributed by atoms with E-state index >= 15 is 0 Å². The summed E-state index contributed by atoms with van der Waals surface area (Å²) < 4.78 is 0. The summed E-state index contributed by atoms with van der Waals surface area (Å²) in [6, 6.07) is 10.7. The molecule has 0 aromatic heterocycles. The zero-order valence-electron chi connectivity index (χ0n) is 14.8. The number of halogens is 1. The van der Waals surface area contributed by atoms with E-state index in [-0.39, 0.29) is 24.0 Å². The van der Waals surface area contributed by atoms with E-state index in [0.717, 1.165) is 44.6 Å². The van der Waals surface area contributed by atoms with Crippen molar-refractivity contribution in [2.75, 3.05) is 64.8 Å². The summed E-state index contributed by atoms with van der Waals surface area (Å²) in [6.45, 7) is 7.62. The minimum absolute atomic E-state index is 0. The number of nitrogens with zero attached hydrogens (tertiary/aromatic N) is 4. The Hall–Kier alpha value is -1.02. The Balaban J connectivity index is 0.00000208. The first-order chi connectivity index (χ1) is 11.3. The van der Waals surface area contributed by atoms with Gasteiger partial charge in [0.1, 0.15) is 0 Å². The molecular formula is C18H30IN5. The minimum atomic E-state index is 0. The maximum atomic E-state index is 4.49. The molecule has 2 saturated heterocycles. The second-order valence-corrected chi connectivity index (χ2v) is 6.65. The van der Waals surface area contributed by atoms with Crippen LogP contribution in [0, 0.1) is 5.92 Å². The number of nitrogens with one attached hydrogen (secondary N) is 1. The lowest BCUT2D eigenvalue weighted by atomic mass is 10.1. The predicted molar refractivity (Wildman–Crippen MR) is 113 cm³/mol. The first kappa shape index (κ1) is 19.3. The number of anilines is 1. The number of benzene rings is 1. The molecule has 1 N–H and O–H groups in total. The molecule has 1 aromatic carbocycles. The molecule has 5 nitrogen and oxygen atoms in total. The van der Waals surface area contributed by atoms with Crippen molar-refractivity contribution in [3.8, 4) is 0 Å². The van der Waals surface area contributed by atoms with E-state index in [1.807, 2.05) is 7.05 Å². The van der Waals surface area contributed by atoms with Crippen LogP contribution in [0.3, 0.4) is 0 Å². The van der Waals surface area contributed by atoms with Crippen molar-refractivity contribution in [2.24, 2.45) is 10.9 Å². The smallest absolute Gasteiger partial charge is 0.193 e. The number of rotatable bonds is 3. The van der Waals surface area contributed by atoms with E-state index in [1.54, 1.807) is 0 Å². The van der Waals surface area contributed by atoms with Crippen molar-refractivity contribution in [3.63, 3.8) is 0 Å². The highest BCUT2D eigenvalue weighted by Gasteiger charge is 2.22. The zero-order valence-corrected chi connectivity index (χ0v) is 17.1. The summed E-state index contributed by atoms with van der Waals surface area (Å²) in [5.41, 5.74) is 1.32. The van der Waals surface area contributed by atoms with Gasteiger partial charge in [-0.3, -0.25) is 4.99 Å². The van der Waals surface area contributed by atoms with E-state index in [1.165, 1.54) is 25.2 Å². The average molecular weight is 443 g/mol. The SMILES string of the molecule is CN=C(NCC1CCN(C)C1)N1CCN(c2ccccc2)CC1.I. The first-order valence-corrected chi connectivity index (χ1v) is 8.70. The van der Waals surface area contributed by atoms with Gasteiger partial charge >= 0.3 is 0 Å². The summed E-state index contributed by atoms with van der Waals surface area (Å²) in [5.74, 6) is 1.81. The third kappa shape index (κ3) is 4.99. The van der Waals surface area contributed by atoms with E-state index in [2.05, 4.69) is 62.4 Å². The molecule has 2 aliphatic rings. The number of hydrogen-bond acceptors (Lipinski definition) is 3. The van der Waals surface area contributed by atoms with Gasteiger partial charge in [-0.1, -0.05) is 18.2 Å². The molecule has 0 saturated carbocycles. The van der Waals surface area contributed by atoms with Gasteiger partial charge in [-0.2, -0.15) is 0 Å². The molecular weight excluding hydrogens is 413 g/mol. The van der Waals surface area contributed by atoms with Crippen molar-refractivity contribution >= 4 is 35.6 Å². The molecule has 0 radical (unpaired) electrons. The van der Waals surface area contributed by atoms with Crippen molar-refractivity contribution in [2.45, 2.75) is 6.42 Å². The lowest BCUT2D eigenvalue weighted by Crippen LogP contribution is -2.53. The van der Waals surface area contributed by atoms with E-state index in [0.29, 0.717) is 0 Å². The predicted octanol–water partition coefficient (Wildman–Crippen LogP) is 1.95. The van der Waals surface area contributed by atoms with Crippen LogP contribution in [0.5, 0.6) is 0 Å². The Kier molecular flexibility index (Phi) is 7.61. The Labute approximate surface area is 163 Å². The van der Waals surface area contributed by atoms with Crippen molar-refractivity contribution in [1.82, 2.24) is 15.1 Å². The molecule has 0 amide bonds. The van der Waals surface area contributed by atoms with E-state index < -0.39 is 0 Å². The number of guanidine groups is 1. The summed E-state index contributed by atoms with van der Waals surface area (Å²) in [6.07, 6.45) is 1.29. The zero-order chi connectivity index (χ0) is 16.1. The highest BCUT2D eigenvalue weighted by Crippen LogP contribution is 2.16. The fraction of sp³-hybridized carbons (Fsp3) is 0.611. The van der Waals surface area contributed by atoms with Gasteiger partial charge in [0.05, 0.1) is 0 Å². The molecule has 2 heterocycles. The Bertz CT molecular complexity index is 513. The maximum absolute atomic E-state index is 4.49. The van der Waals surface area contributed by atoms with Crippen LogP contribution in [0.1, 0.15) is 6.42 Å². The molecule has 2 aliphatic heterocycles. The van der Waals surface area contributed by atoms with Gasteiger partial charge in [0.2, 0.25) is 0 Å². The molecule has 1 unspecified atom stereocenters. The topological polar surface area (TPSA) is 34.1 Å². The fourth-order valence-electron chi connectivity index (χ4n) is 3.58. The van der Waals surface area contributed by atoms with Crippen LogP contribution in [-0.4, -0.2) is 75.7 Å². The average Bonchev–Trinajstić information content (AvgIpc) is 3.02. The third-order valence-corrected chi connectivity index (χ3v) is 4.95. The number of para-hydroxylation sites is 1. The first-order valence-electron chi connectivity index (χ1n) is 8.70. The molecule has 24 heavy (non-hydrogen) atoms. The Morgan fingerprint density at radius 1 is 1.12 bits per heavy atom. The van der Waals surface area contributed by atoms with Crippen molar-refractivity contribution < 1.29 is 0 Å². The van der Waals surface area contributed by atoms with Crippen LogP contribution >= 0.6 is 24.0 Å². The van der Waals surface area contributed by atoms with Crippen LogP contribution in [0.25, 0.3) is 0 Å². The summed E-state index contributed by atoms with van der Waals surface area (Å²) in [5, 5.41) is 3.59. The van der Waals surface area contributed by atoms with Crippen molar-refractivity contribution in [3.05, 3.63) is 30.3 Å². The number of aliphatic imine (C=N–C) groups is 1. The largest absolute Gasteiger partial charge is 0.368 e.